The van der Waals surface area contributed by atoms with Gasteiger partial charge in [0, 0.05) is 50.6 Å². The van der Waals surface area contributed by atoms with Gasteiger partial charge < -0.3 is 15.1 Å². The minimum absolute atomic E-state index is 0.0785. The number of carbonyl (C=O) groups is 1. The number of hydrogen-bond donors (Lipinski definition) is 1. The molecule has 27 heavy (non-hydrogen) atoms. The molecule has 2 saturated heterocycles. The molecule has 0 aliphatic carbocycles. The molecule has 2 fully saturated rings. The maximum atomic E-state index is 12.6. The Kier molecular flexibility index (Phi) is 6.39. The molecule has 2 heterocycles. The van der Waals surface area contributed by atoms with Crippen molar-refractivity contribution in [2.24, 2.45) is 5.92 Å². The van der Waals surface area contributed by atoms with Crippen molar-refractivity contribution in [2.75, 3.05) is 62.3 Å². The van der Waals surface area contributed by atoms with E-state index in [-0.39, 0.29) is 24.1 Å². The Labute approximate surface area is 162 Å². The number of sulfonamides is 1. The van der Waals surface area contributed by atoms with Crippen LogP contribution < -0.4 is 10.2 Å². The molecule has 1 aromatic carbocycles. The number of rotatable bonds is 5. The highest BCUT2D eigenvalue weighted by atomic mass is 32.2. The molecule has 8 heteroatoms. The van der Waals surface area contributed by atoms with E-state index in [0.29, 0.717) is 6.54 Å². The zero-order chi connectivity index (χ0) is 19.4. The first kappa shape index (κ1) is 20.1. The highest BCUT2D eigenvalue weighted by molar-refractivity contribution is 7.89. The van der Waals surface area contributed by atoms with E-state index >= 15 is 0 Å². The summed E-state index contributed by atoms with van der Waals surface area (Å²) in [5.74, 6) is -0.314. The second-order valence-corrected chi connectivity index (χ2v) is 9.68. The predicted octanol–water partition coefficient (Wildman–Crippen LogP) is 1.44. The van der Waals surface area contributed by atoms with Gasteiger partial charge in [0.25, 0.3) is 0 Å². The number of hydrogen-bond acceptors (Lipinski definition) is 5. The first-order valence-corrected chi connectivity index (χ1v) is 11.3. The molecule has 3 rings (SSSR count). The van der Waals surface area contributed by atoms with Gasteiger partial charge in [0.05, 0.1) is 11.7 Å². The maximum absolute atomic E-state index is 12.6. The normalized spacial score (nSPS) is 22.6. The third kappa shape index (κ3) is 5.00. The van der Waals surface area contributed by atoms with Crippen molar-refractivity contribution in [3.63, 3.8) is 0 Å². The number of piperazine rings is 1. The summed E-state index contributed by atoms with van der Waals surface area (Å²) in [6.07, 6.45) is 1.45. The van der Waals surface area contributed by atoms with Crippen molar-refractivity contribution in [3.8, 4) is 0 Å². The number of benzene rings is 1. The van der Waals surface area contributed by atoms with Crippen LogP contribution in [-0.2, 0) is 14.8 Å². The van der Waals surface area contributed by atoms with Crippen LogP contribution in [0.1, 0.15) is 19.8 Å². The molecule has 2 aliphatic rings. The summed E-state index contributed by atoms with van der Waals surface area (Å²) in [6, 6.07) is 7.93. The molecule has 0 saturated carbocycles. The van der Waals surface area contributed by atoms with Crippen LogP contribution in [0.2, 0.25) is 0 Å². The van der Waals surface area contributed by atoms with Crippen molar-refractivity contribution in [1.82, 2.24) is 9.21 Å². The molecule has 0 bridgehead atoms. The fourth-order valence-electron chi connectivity index (χ4n) is 3.66. The third-order valence-electron chi connectivity index (χ3n) is 5.52. The molecule has 0 spiro atoms. The third-order valence-corrected chi connectivity index (χ3v) is 7.36. The molecule has 2 aliphatic heterocycles. The van der Waals surface area contributed by atoms with Crippen LogP contribution in [0.3, 0.4) is 0 Å². The van der Waals surface area contributed by atoms with Crippen LogP contribution in [0.4, 0.5) is 11.4 Å². The molecular weight excluding hydrogens is 364 g/mol. The van der Waals surface area contributed by atoms with Gasteiger partial charge in [-0.1, -0.05) is 0 Å². The lowest BCUT2D eigenvalue weighted by Crippen LogP contribution is -2.44. The molecule has 0 radical (unpaired) electrons. The predicted molar refractivity (Wildman–Crippen MR) is 109 cm³/mol. The van der Waals surface area contributed by atoms with Gasteiger partial charge in [-0.3, -0.25) is 4.79 Å². The van der Waals surface area contributed by atoms with E-state index in [9.17, 15) is 13.2 Å². The fraction of sp³-hybridized carbons (Fsp3) is 0.632. The van der Waals surface area contributed by atoms with Gasteiger partial charge in [-0.25, -0.2) is 12.7 Å². The van der Waals surface area contributed by atoms with E-state index in [2.05, 4.69) is 22.2 Å². The summed E-state index contributed by atoms with van der Waals surface area (Å²) in [5.41, 5.74) is 1.92. The molecule has 1 atom stereocenters. The largest absolute Gasteiger partial charge is 0.369 e. The number of likely N-dealkylation sites (N-methyl/N-ethyl adjacent to an activating group) is 1. The summed E-state index contributed by atoms with van der Waals surface area (Å²) in [4.78, 5) is 17.3. The minimum atomic E-state index is -3.24. The smallest absolute Gasteiger partial charge is 0.228 e. The molecular formula is C19H30N4O3S. The fourth-order valence-corrected chi connectivity index (χ4v) is 4.84. The van der Waals surface area contributed by atoms with Crippen molar-refractivity contribution >= 4 is 27.3 Å². The molecule has 1 N–H and O–H groups in total. The Morgan fingerprint density at radius 2 is 1.78 bits per heavy atom. The Morgan fingerprint density at radius 1 is 1.11 bits per heavy atom. The van der Waals surface area contributed by atoms with E-state index in [1.165, 1.54) is 9.99 Å². The SMILES string of the molecule is CCS(=O)(=O)N1CCCC(C(=O)Nc2ccc(N3CCN(C)CC3)cc2)C1. The quantitative estimate of drug-likeness (QED) is 0.818. The molecule has 1 unspecified atom stereocenters. The Hall–Kier alpha value is -1.64. The zero-order valence-electron chi connectivity index (χ0n) is 16.2. The first-order valence-electron chi connectivity index (χ1n) is 9.71. The molecule has 1 aromatic rings. The van der Waals surface area contributed by atoms with E-state index in [0.717, 1.165) is 44.7 Å². The Balaban J connectivity index is 1.57. The maximum Gasteiger partial charge on any atom is 0.228 e. The van der Waals surface area contributed by atoms with E-state index in [4.69, 9.17) is 0 Å². The van der Waals surface area contributed by atoms with Crippen LogP contribution in [0.25, 0.3) is 0 Å². The lowest BCUT2D eigenvalue weighted by atomic mass is 9.98. The number of amides is 1. The van der Waals surface area contributed by atoms with Crippen molar-refractivity contribution < 1.29 is 13.2 Å². The van der Waals surface area contributed by atoms with Crippen LogP contribution in [0, 0.1) is 5.92 Å². The number of carbonyl (C=O) groups excluding carboxylic acids is 1. The van der Waals surface area contributed by atoms with Gasteiger partial charge in [0.15, 0.2) is 0 Å². The Morgan fingerprint density at radius 3 is 2.41 bits per heavy atom. The van der Waals surface area contributed by atoms with Crippen molar-refractivity contribution in [3.05, 3.63) is 24.3 Å². The molecule has 7 nitrogen and oxygen atoms in total. The van der Waals surface area contributed by atoms with Gasteiger partial charge in [-0.2, -0.15) is 0 Å². The topological polar surface area (TPSA) is 73.0 Å². The highest BCUT2D eigenvalue weighted by Gasteiger charge is 2.31. The average Bonchev–Trinajstić information content (AvgIpc) is 2.69. The van der Waals surface area contributed by atoms with E-state index < -0.39 is 10.0 Å². The van der Waals surface area contributed by atoms with Crippen LogP contribution in [0.5, 0.6) is 0 Å². The lowest BCUT2D eigenvalue weighted by Gasteiger charge is -2.34. The van der Waals surface area contributed by atoms with E-state index in [1.807, 2.05) is 24.3 Å². The van der Waals surface area contributed by atoms with E-state index in [1.54, 1.807) is 6.92 Å². The highest BCUT2D eigenvalue weighted by Crippen LogP contribution is 2.23. The van der Waals surface area contributed by atoms with Crippen LogP contribution in [0.15, 0.2) is 24.3 Å². The number of piperidine rings is 1. The molecule has 150 valence electrons. The van der Waals surface area contributed by atoms with Gasteiger partial charge in [0.2, 0.25) is 15.9 Å². The van der Waals surface area contributed by atoms with Gasteiger partial charge in [-0.05, 0) is 51.1 Å². The van der Waals surface area contributed by atoms with Crippen LogP contribution >= 0.6 is 0 Å². The number of nitrogens with one attached hydrogen (secondary N) is 1. The molecule has 1 amide bonds. The molecule has 0 aromatic heterocycles. The van der Waals surface area contributed by atoms with Crippen LogP contribution in [-0.4, -0.2) is 75.6 Å². The minimum Gasteiger partial charge on any atom is -0.369 e. The average molecular weight is 395 g/mol. The number of nitrogens with zero attached hydrogens (tertiary/aromatic N) is 3. The standard InChI is InChI=1S/C19H30N4O3S/c1-3-27(25,26)23-10-4-5-16(15-23)19(24)20-17-6-8-18(9-7-17)22-13-11-21(2)12-14-22/h6-9,16H,3-5,10-15H2,1-2H3,(H,20,24). The zero-order valence-corrected chi connectivity index (χ0v) is 17.0. The lowest BCUT2D eigenvalue weighted by molar-refractivity contribution is -0.120. The van der Waals surface area contributed by atoms with Crippen molar-refractivity contribution in [2.45, 2.75) is 19.8 Å². The van der Waals surface area contributed by atoms with Gasteiger partial charge >= 0.3 is 0 Å². The van der Waals surface area contributed by atoms with Crippen molar-refractivity contribution in [1.29, 1.82) is 0 Å². The first-order chi connectivity index (χ1) is 12.9. The van der Waals surface area contributed by atoms with Gasteiger partial charge in [-0.15, -0.1) is 0 Å². The summed E-state index contributed by atoms with van der Waals surface area (Å²) >= 11 is 0. The van der Waals surface area contributed by atoms with Gasteiger partial charge in [0.1, 0.15) is 0 Å². The summed E-state index contributed by atoms with van der Waals surface area (Å²) in [7, 11) is -1.11. The second kappa shape index (κ2) is 8.58. The Bertz CT molecular complexity index is 743. The summed E-state index contributed by atoms with van der Waals surface area (Å²) < 4.78 is 25.6. The summed E-state index contributed by atoms with van der Waals surface area (Å²) in [6.45, 7) is 6.55. The number of anilines is 2. The second-order valence-electron chi connectivity index (χ2n) is 7.42. The summed E-state index contributed by atoms with van der Waals surface area (Å²) in [5, 5.41) is 2.95. The monoisotopic (exact) mass is 394 g/mol.